The number of alkyl carbamates (subject to hydrolysis) is 1. The van der Waals surface area contributed by atoms with E-state index in [2.05, 4.69) is 20.5 Å². The maximum Gasteiger partial charge on any atom is 0.407 e. The molecule has 0 aliphatic heterocycles. The summed E-state index contributed by atoms with van der Waals surface area (Å²) < 4.78 is 31.6. The summed E-state index contributed by atoms with van der Waals surface area (Å²) in [6.07, 6.45) is -0.162. The van der Waals surface area contributed by atoms with E-state index in [1.165, 1.54) is 0 Å². The van der Waals surface area contributed by atoms with Gasteiger partial charge in [0.25, 0.3) is 0 Å². The molecule has 30 heavy (non-hydrogen) atoms. The lowest BCUT2D eigenvalue weighted by Crippen LogP contribution is -2.28. The second-order valence-corrected chi connectivity index (χ2v) is 6.24. The van der Waals surface area contributed by atoms with Crippen LogP contribution in [0.25, 0.3) is 0 Å². The van der Waals surface area contributed by atoms with Crippen LogP contribution >= 0.6 is 8.69 Å². The molecule has 0 bridgehead atoms. The number of nitrogens with one attached hydrogen (secondary N) is 3. The van der Waals surface area contributed by atoms with Gasteiger partial charge in [0.05, 0.1) is 39.6 Å². The van der Waals surface area contributed by atoms with Crippen molar-refractivity contribution in [2.24, 2.45) is 0 Å². The first kappa shape index (κ1) is 25.7. The predicted molar refractivity (Wildman–Crippen MR) is 105 cm³/mol. The topological polar surface area (TPSA) is 144 Å². The molecule has 1 aromatic rings. The second kappa shape index (κ2) is 16.4. The molecule has 0 saturated carbocycles. The SMILES string of the molecule is O=CNCC(=O)Nc1ccc(COC(=O)NCCOCCOCCOP(O)F)cc1. The summed E-state index contributed by atoms with van der Waals surface area (Å²) >= 11 is 0. The fourth-order valence-corrected chi connectivity index (χ4v) is 2.17. The maximum absolute atomic E-state index is 12.0. The number of halogens is 1. The summed E-state index contributed by atoms with van der Waals surface area (Å²) in [6.45, 7) is 1.10. The lowest BCUT2D eigenvalue weighted by molar-refractivity contribution is -0.118. The van der Waals surface area contributed by atoms with Crippen LogP contribution in [0.4, 0.5) is 14.7 Å². The molecule has 4 N–H and O–H groups in total. The molecule has 168 valence electrons. The van der Waals surface area contributed by atoms with Crippen LogP contribution in [0, 0.1) is 0 Å². The number of anilines is 1. The monoisotopic (exact) mass is 449 g/mol. The van der Waals surface area contributed by atoms with Gasteiger partial charge in [-0.05, 0) is 17.7 Å². The molecule has 3 amide bonds. The average molecular weight is 449 g/mol. The molecule has 11 nitrogen and oxygen atoms in total. The summed E-state index contributed by atoms with van der Waals surface area (Å²) in [4.78, 5) is 41.5. The molecule has 0 heterocycles. The van der Waals surface area contributed by atoms with Crippen LogP contribution in [0.5, 0.6) is 0 Å². The minimum atomic E-state index is -2.85. The lowest BCUT2D eigenvalue weighted by Gasteiger charge is -2.09. The fourth-order valence-electron chi connectivity index (χ4n) is 1.94. The number of hydrogen-bond donors (Lipinski definition) is 4. The maximum atomic E-state index is 12.0. The Kier molecular flexibility index (Phi) is 14.1. The molecule has 1 atom stereocenters. The summed E-state index contributed by atoms with van der Waals surface area (Å²) in [5.41, 5.74) is 1.28. The van der Waals surface area contributed by atoms with Crippen LogP contribution in [0.2, 0.25) is 0 Å². The Hall–Kier alpha value is -2.37. The van der Waals surface area contributed by atoms with Crippen molar-refractivity contribution in [3.05, 3.63) is 29.8 Å². The molecule has 1 rings (SSSR count). The van der Waals surface area contributed by atoms with Crippen LogP contribution in [0.15, 0.2) is 24.3 Å². The Morgan fingerprint density at radius 1 is 1.07 bits per heavy atom. The quantitative estimate of drug-likeness (QED) is 0.165. The van der Waals surface area contributed by atoms with Crippen molar-refractivity contribution in [2.75, 3.05) is 51.4 Å². The highest BCUT2D eigenvalue weighted by Gasteiger charge is 2.04. The van der Waals surface area contributed by atoms with Crippen molar-refractivity contribution >= 4 is 32.8 Å². The Bertz CT molecular complexity index is 636. The van der Waals surface area contributed by atoms with Crippen molar-refractivity contribution in [1.29, 1.82) is 0 Å². The van der Waals surface area contributed by atoms with Gasteiger partial charge in [-0.25, -0.2) is 4.79 Å². The number of rotatable bonds is 16. The Balaban J connectivity index is 2.05. The van der Waals surface area contributed by atoms with E-state index < -0.39 is 14.8 Å². The third-order valence-corrected chi connectivity index (χ3v) is 3.66. The van der Waals surface area contributed by atoms with E-state index in [-0.39, 0.29) is 58.6 Å². The fraction of sp³-hybridized carbons (Fsp3) is 0.471. The third-order valence-electron chi connectivity index (χ3n) is 3.27. The third kappa shape index (κ3) is 13.7. The first-order valence-electron chi connectivity index (χ1n) is 8.91. The Labute approximate surface area is 174 Å². The molecule has 0 aliphatic carbocycles. The Morgan fingerprint density at radius 2 is 1.73 bits per heavy atom. The summed E-state index contributed by atoms with van der Waals surface area (Å²) in [6, 6.07) is 6.69. The van der Waals surface area contributed by atoms with E-state index >= 15 is 0 Å². The van der Waals surface area contributed by atoms with Crippen LogP contribution < -0.4 is 16.0 Å². The number of ether oxygens (including phenoxy) is 3. The van der Waals surface area contributed by atoms with Crippen LogP contribution in [0.3, 0.4) is 0 Å². The molecule has 0 fully saturated rings. The summed E-state index contributed by atoms with van der Waals surface area (Å²) in [5.74, 6) is -0.356. The van der Waals surface area contributed by atoms with Gasteiger partial charge in [-0.2, -0.15) is 4.20 Å². The first-order chi connectivity index (χ1) is 14.5. The number of carbonyl (C=O) groups is 3. The van der Waals surface area contributed by atoms with Gasteiger partial charge < -0.3 is 39.6 Å². The van der Waals surface area contributed by atoms with E-state index in [1.54, 1.807) is 24.3 Å². The van der Waals surface area contributed by atoms with E-state index in [4.69, 9.17) is 19.1 Å². The van der Waals surface area contributed by atoms with Gasteiger partial charge >= 0.3 is 14.8 Å². The molecule has 1 unspecified atom stereocenters. The second-order valence-electron chi connectivity index (χ2n) is 5.53. The number of amides is 3. The van der Waals surface area contributed by atoms with Gasteiger partial charge in [-0.1, -0.05) is 12.1 Å². The Morgan fingerprint density at radius 3 is 2.40 bits per heavy atom. The predicted octanol–water partition coefficient (Wildman–Crippen LogP) is 0.836. The van der Waals surface area contributed by atoms with Gasteiger partial charge in [0.15, 0.2) is 0 Å². The van der Waals surface area contributed by atoms with Crippen molar-refractivity contribution in [3.63, 3.8) is 0 Å². The van der Waals surface area contributed by atoms with Crippen molar-refractivity contribution in [3.8, 4) is 0 Å². The van der Waals surface area contributed by atoms with E-state index in [0.29, 0.717) is 12.1 Å². The zero-order valence-corrected chi connectivity index (χ0v) is 17.1. The van der Waals surface area contributed by atoms with Crippen molar-refractivity contribution < 1.29 is 42.2 Å². The molecular weight excluding hydrogens is 424 g/mol. The standard InChI is InChI=1S/C17H25FN3O8P/c18-30(25)29-10-9-27-8-7-26-6-5-20-17(24)28-12-14-1-3-15(4-2-14)21-16(23)11-19-13-22/h1-4,13,25H,5-12H2,(H,19,22)(H,20,24)(H,21,23). The highest BCUT2D eigenvalue weighted by molar-refractivity contribution is 7.40. The molecule has 13 heteroatoms. The van der Waals surface area contributed by atoms with Crippen LogP contribution in [-0.2, 0) is 34.9 Å². The van der Waals surface area contributed by atoms with Crippen molar-refractivity contribution in [1.82, 2.24) is 10.6 Å². The zero-order chi connectivity index (χ0) is 22.0. The number of hydrogen-bond acceptors (Lipinski definition) is 8. The first-order valence-corrected chi connectivity index (χ1v) is 10.0. The summed E-state index contributed by atoms with van der Waals surface area (Å²) in [7, 11) is -2.85. The largest absolute Gasteiger partial charge is 0.445 e. The minimum absolute atomic E-state index is 0.0393. The highest BCUT2D eigenvalue weighted by Crippen LogP contribution is 2.31. The van der Waals surface area contributed by atoms with Gasteiger partial charge in [-0.3, -0.25) is 9.59 Å². The number of benzene rings is 1. The van der Waals surface area contributed by atoms with Crippen LogP contribution in [-0.4, -0.2) is 69.4 Å². The zero-order valence-electron chi connectivity index (χ0n) is 16.2. The van der Waals surface area contributed by atoms with E-state index in [1.807, 2.05) is 0 Å². The lowest BCUT2D eigenvalue weighted by atomic mass is 10.2. The molecule has 0 aromatic heterocycles. The van der Waals surface area contributed by atoms with Gasteiger partial charge in [0.1, 0.15) is 6.61 Å². The van der Waals surface area contributed by atoms with Gasteiger partial charge in [0, 0.05) is 12.2 Å². The van der Waals surface area contributed by atoms with Crippen molar-refractivity contribution in [2.45, 2.75) is 6.61 Å². The van der Waals surface area contributed by atoms with Gasteiger partial charge in [-0.15, -0.1) is 0 Å². The van der Waals surface area contributed by atoms with Gasteiger partial charge in [0.2, 0.25) is 12.3 Å². The van der Waals surface area contributed by atoms with E-state index in [9.17, 15) is 18.6 Å². The molecule has 0 spiro atoms. The van der Waals surface area contributed by atoms with E-state index in [0.717, 1.165) is 5.56 Å². The van der Waals surface area contributed by atoms with Crippen LogP contribution in [0.1, 0.15) is 5.56 Å². The molecule has 0 radical (unpaired) electrons. The highest BCUT2D eigenvalue weighted by atomic mass is 31.2. The smallest absolute Gasteiger partial charge is 0.407 e. The molecular formula is C17H25FN3O8P. The molecule has 1 aromatic carbocycles. The molecule has 0 saturated heterocycles. The minimum Gasteiger partial charge on any atom is -0.445 e. The number of carbonyl (C=O) groups excluding carboxylic acids is 3. The molecule has 0 aliphatic rings. The normalized spacial score (nSPS) is 11.4. The summed E-state index contributed by atoms with van der Waals surface area (Å²) in [5, 5.41) is 7.38. The average Bonchev–Trinajstić information content (AvgIpc) is 2.72.